The lowest BCUT2D eigenvalue weighted by atomic mass is 10.3. The summed E-state index contributed by atoms with van der Waals surface area (Å²) in [4.78, 5) is 0.0497. The van der Waals surface area contributed by atoms with Crippen molar-refractivity contribution in [1.29, 1.82) is 0 Å². The van der Waals surface area contributed by atoms with Crippen LogP contribution in [0.3, 0.4) is 0 Å². The molecule has 0 saturated carbocycles. The number of methoxy groups -OCH3 is 2. The molecule has 0 atom stereocenters. The summed E-state index contributed by atoms with van der Waals surface area (Å²) in [5.74, 6) is 0.758. The molecule has 0 aliphatic heterocycles. The van der Waals surface area contributed by atoms with Gasteiger partial charge in [0.1, 0.15) is 0 Å². The highest BCUT2D eigenvalue weighted by Crippen LogP contribution is 2.34. The number of benzene rings is 2. The Bertz CT molecular complexity index is 824. The molecule has 2 rings (SSSR count). The van der Waals surface area contributed by atoms with E-state index in [2.05, 4.69) is 0 Å². The Kier molecular flexibility index (Phi) is 5.29. The molecule has 0 aromatic heterocycles. The highest BCUT2D eigenvalue weighted by molar-refractivity contribution is 7.92. The predicted octanol–water partition coefficient (Wildman–Crippen LogP) is 3.84. The van der Waals surface area contributed by atoms with Crippen molar-refractivity contribution in [3.63, 3.8) is 0 Å². The van der Waals surface area contributed by atoms with Crippen LogP contribution < -0.4 is 13.8 Å². The summed E-state index contributed by atoms with van der Waals surface area (Å²) in [6.07, 6.45) is 0. The van der Waals surface area contributed by atoms with Gasteiger partial charge in [-0.3, -0.25) is 4.31 Å². The summed E-state index contributed by atoms with van der Waals surface area (Å²) in [5.41, 5.74) is 0.286. The predicted molar refractivity (Wildman–Crippen MR) is 91.6 cm³/mol. The van der Waals surface area contributed by atoms with Gasteiger partial charge in [-0.2, -0.15) is 0 Å². The first-order valence-corrected chi connectivity index (χ1v) is 8.67. The van der Waals surface area contributed by atoms with E-state index in [4.69, 9.17) is 32.7 Å². The maximum absolute atomic E-state index is 12.8. The van der Waals surface area contributed by atoms with E-state index in [9.17, 15) is 8.42 Å². The molecular formula is C15H15Cl2NO4S. The molecule has 0 radical (unpaired) electrons. The molecule has 23 heavy (non-hydrogen) atoms. The molecule has 2 aromatic carbocycles. The number of sulfonamides is 1. The van der Waals surface area contributed by atoms with Gasteiger partial charge in [0.2, 0.25) is 0 Å². The second-order valence-electron chi connectivity index (χ2n) is 4.59. The van der Waals surface area contributed by atoms with Crippen LogP contribution in [0.2, 0.25) is 10.0 Å². The van der Waals surface area contributed by atoms with E-state index in [0.29, 0.717) is 16.5 Å². The average molecular weight is 376 g/mol. The number of hydrogen-bond donors (Lipinski definition) is 0. The molecule has 0 heterocycles. The number of anilines is 1. The Balaban J connectivity index is 2.51. The minimum atomic E-state index is -3.83. The smallest absolute Gasteiger partial charge is 0.264 e. The molecule has 0 bridgehead atoms. The summed E-state index contributed by atoms with van der Waals surface area (Å²) in [7, 11) is 0.485. The summed E-state index contributed by atoms with van der Waals surface area (Å²) in [6.45, 7) is 0. The molecule has 5 nitrogen and oxygen atoms in total. The monoisotopic (exact) mass is 375 g/mol. The Morgan fingerprint density at radius 2 is 1.61 bits per heavy atom. The van der Waals surface area contributed by atoms with Crippen LogP contribution in [0, 0.1) is 0 Å². The van der Waals surface area contributed by atoms with Crippen LogP contribution in [-0.4, -0.2) is 29.7 Å². The fourth-order valence-corrected chi connectivity index (χ4v) is 3.67. The summed E-state index contributed by atoms with van der Waals surface area (Å²) in [6, 6.07) is 8.97. The van der Waals surface area contributed by atoms with Crippen LogP contribution in [0.15, 0.2) is 41.3 Å². The topological polar surface area (TPSA) is 55.8 Å². The van der Waals surface area contributed by atoms with Crippen molar-refractivity contribution in [1.82, 2.24) is 0 Å². The zero-order valence-electron chi connectivity index (χ0n) is 12.7. The van der Waals surface area contributed by atoms with E-state index in [1.165, 1.54) is 45.5 Å². The Labute approximate surface area is 145 Å². The molecule has 0 spiro atoms. The molecule has 0 aliphatic rings. The maximum atomic E-state index is 12.8. The number of halogens is 2. The first-order valence-electron chi connectivity index (χ1n) is 6.47. The van der Waals surface area contributed by atoms with Gasteiger partial charge in [-0.25, -0.2) is 8.42 Å². The minimum absolute atomic E-state index is 0.0497. The molecule has 124 valence electrons. The first-order chi connectivity index (χ1) is 10.8. The zero-order valence-corrected chi connectivity index (χ0v) is 15.0. The van der Waals surface area contributed by atoms with Crippen LogP contribution >= 0.6 is 23.2 Å². The van der Waals surface area contributed by atoms with Crippen molar-refractivity contribution in [3.8, 4) is 11.5 Å². The van der Waals surface area contributed by atoms with Crippen molar-refractivity contribution in [3.05, 3.63) is 46.4 Å². The van der Waals surface area contributed by atoms with Crippen LogP contribution in [-0.2, 0) is 10.0 Å². The quantitative estimate of drug-likeness (QED) is 0.796. The Morgan fingerprint density at radius 3 is 2.22 bits per heavy atom. The standard InChI is InChI=1S/C15H15Cl2NO4S/c1-18(13-8-10(16)4-6-12(13)17)23(19,20)11-5-7-14(21-2)15(9-11)22-3/h4-9H,1-3H3. The van der Waals surface area contributed by atoms with Gasteiger partial charge in [0.25, 0.3) is 10.0 Å². The highest BCUT2D eigenvalue weighted by atomic mass is 35.5. The van der Waals surface area contributed by atoms with Crippen LogP contribution in [0.5, 0.6) is 11.5 Å². The normalized spacial score (nSPS) is 11.2. The van der Waals surface area contributed by atoms with Crippen LogP contribution in [0.1, 0.15) is 0 Å². The van der Waals surface area contributed by atoms with Gasteiger partial charge in [0, 0.05) is 18.1 Å². The van der Waals surface area contributed by atoms with Gasteiger partial charge in [0.05, 0.1) is 29.8 Å². The van der Waals surface area contributed by atoms with E-state index in [1.807, 2.05) is 0 Å². The molecule has 0 aliphatic carbocycles. The Morgan fingerprint density at radius 1 is 0.957 bits per heavy atom. The fraction of sp³-hybridized carbons (Fsp3) is 0.200. The maximum Gasteiger partial charge on any atom is 0.264 e. The van der Waals surface area contributed by atoms with Crippen molar-refractivity contribution in [2.75, 3.05) is 25.6 Å². The lowest BCUT2D eigenvalue weighted by Gasteiger charge is -2.21. The number of rotatable bonds is 5. The third-order valence-corrected chi connectivity index (χ3v) is 5.58. The average Bonchev–Trinajstić information content (AvgIpc) is 2.55. The van der Waals surface area contributed by atoms with E-state index in [-0.39, 0.29) is 15.6 Å². The fourth-order valence-electron chi connectivity index (χ4n) is 1.99. The Hall–Kier alpha value is -1.63. The van der Waals surface area contributed by atoms with E-state index in [0.717, 1.165) is 4.31 Å². The van der Waals surface area contributed by atoms with E-state index in [1.54, 1.807) is 12.1 Å². The van der Waals surface area contributed by atoms with Crippen molar-refractivity contribution >= 4 is 38.9 Å². The lowest BCUT2D eigenvalue weighted by molar-refractivity contribution is 0.354. The van der Waals surface area contributed by atoms with Crippen LogP contribution in [0.25, 0.3) is 0 Å². The number of ether oxygens (including phenoxy) is 2. The van der Waals surface area contributed by atoms with Gasteiger partial charge in [-0.05, 0) is 30.3 Å². The molecule has 0 unspecified atom stereocenters. The third kappa shape index (κ3) is 3.49. The van der Waals surface area contributed by atoms with Crippen molar-refractivity contribution in [2.45, 2.75) is 4.90 Å². The minimum Gasteiger partial charge on any atom is -0.493 e. The summed E-state index contributed by atoms with van der Waals surface area (Å²) < 4.78 is 36.9. The molecule has 8 heteroatoms. The number of hydrogen-bond acceptors (Lipinski definition) is 4. The SMILES string of the molecule is COc1ccc(S(=O)(=O)N(C)c2cc(Cl)ccc2Cl)cc1OC. The summed E-state index contributed by atoms with van der Waals surface area (Å²) >= 11 is 12.0. The largest absolute Gasteiger partial charge is 0.493 e. The van der Waals surface area contributed by atoms with E-state index >= 15 is 0 Å². The molecular weight excluding hydrogens is 361 g/mol. The molecule has 0 fully saturated rings. The molecule has 0 saturated heterocycles. The van der Waals surface area contributed by atoms with Gasteiger partial charge in [-0.15, -0.1) is 0 Å². The van der Waals surface area contributed by atoms with Gasteiger partial charge in [-0.1, -0.05) is 23.2 Å². The lowest BCUT2D eigenvalue weighted by Crippen LogP contribution is -2.26. The van der Waals surface area contributed by atoms with Crippen molar-refractivity contribution < 1.29 is 17.9 Å². The van der Waals surface area contributed by atoms with Gasteiger partial charge >= 0.3 is 0 Å². The third-order valence-electron chi connectivity index (χ3n) is 3.26. The molecule has 0 N–H and O–H groups in total. The highest BCUT2D eigenvalue weighted by Gasteiger charge is 2.24. The van der Waals surface area contributed by atoms with E-state index < -0.39 is 10.0 Å². The molecule has 2 aromatic rings. The summed E-state index contributed by atoms with van der Waals surface area (Å²) in [5, 5.41) is 0.666. The second-order valence-corrected chi connectivity index (χ2v) is 7.40. The van der Waals surface area contributed by atoms with Gasteiger partial charge in [0.15, 0.2) is 11.5 Å². The molecule has 0 amide bonds. The van der Waals surface area contributed by atoms with Crippen LogP contribution in [0.4, 0.5) is 5.69 Å². The zero-order chi connectivity index (χ0) is 17.2. The second kappa shape index (κ2) is 6.86. The van der Waals surface area contributed by atoms with Gasteiger partial charge < -0.3 is 9.47 Å². The van der Waals surface area contributed by atoms with Crippen molar-refractivity contribution in [2.24, 2.45) is 0 Å². The first kappa shape index (κ1) is 17.7. The number of nitrogens with zero attached hydrogens (tertiary/aromatic N) is 1.